The van der Waals surface area contributed by atoms with E-state index in [-0.39, 0.29) is 11.4 Å². The Kier molecular flexibility index (Phi) is 5.68. The van der Waals surface area contributed by atoms with Crippen LogP contribution in [0.2, 0.25) is 0 Å². The number of halogens is 1. The van der Waals surface area contributed by atoms with Gasteiger partial charge in [-0.1, -0.05) is 29.8 Å². The van der Waals surface area contributed by atoms with Crippen LogP contribution < -0.4 is 10.5 Å². The summed E-state index contributed by atoms with van der Waals surface area (Å²) in [5.74, 6) is 0.337. The Labute approximate surface area is 192 Å². The number of para-hydroxylation sites is 1. The third kappa shape index (κ3) is 4.26. The Balaban J connectivity index is 1.46. The van der Waals surface area contributed by atoms with Crippen LogP contribution >= 0.6 is 0 Å². The van der Waals surface area contributed by atoms with E-state index in [1.807, 2.05) is 18.2 Å². The Morgan fingerprint density at radius 1 is 0.939 bits per heavy atom. The summed E-state index contributed by atoms with van der Waals surface area (Å²) in [6, 6.07) is 22.4. The number of aryl methyl sites for hydroxylation is 1. The van der Waals surface area contributed by atoms with Gasteiger partial charge in [0.1, 0.15) is 11.6 Å². The third-order valence-electron chi connectivity index (χ3n) is 6.37. The topological polar surface area (TPSA) is 41.4 Å². The second kappa shape index (κ2) is 8.79. The van der Waals surface area contributed by atoms with Crippen LogP contribution in [0.25, 0.3) is 16.6 Å². The van der Waals surface area contributed by atoms with Gasteiger partial charge in [-0.3, -0.25) is 14.3 Å². The van der Waals surface area contributed by atoms with Crippen molar-refractivity contribution in [3.63, 3.8) is 0 Å². The molecule has 0 aliphatic carbocycles. The van der Waals surface area contributed by atoms with Crippen LogP contribution in [-0.4, -0.2) is 40.1 Å². The number of piperazine rings is 1. The fourth-order valence-electron chi connectivity index (χ4n) is 4.64. The third-order valence-corrected chi connectivity index (χ3v) is 6.37. The van der Waals surface area contributed by atoms with Crippen molar-refractivity contribution in [1.82, 2.24) is 14.5 Å². The molecule has 1 saturated heterocycles. The van der Waals surface area contributed by atoms with Gasteiger partial charge >= 0.3 is 0 Å². The van der Waals surface area contributed by atoms with E-state index in [0.29, 0.717) is 35.0 Å². The molecule has 4 aromatic rings. The Hall–Kier alpha value is -3.51. The second-order valence-electron chi connectivity index (χ2n) is 8.78. The minimum absolute atomic E-state index is 0.131. The molecule has 0 saturated carbocycles. The lowest BCUT2D eigenvalue weighted by Crippen LogP contribution is -2.52. The van der Waals surface area contributed by atoms with Gasteiger partial charge in [0.2, 0.25) is 0 Å². The first-order valence-electron chi connectivity index (χ1n) is 11.3. The number of aromatic nitrogens is 2. The van der Waals surface area contributed by atoms with Crippen LogP contribution in [0.1, 0.15) is 18.3 Å². The molecular formula is C27H27FN4O. The van der Waals surface area contributed by atoms with E-state index in [1.54, 1.807) is 22.8 Å². The van der Waals surface area contributed by atoms with Gasteiger partial charge < -0.3 is 4.90 Å². The molecule has 33 heavy (non-hydrogen) atoms. The summed E-state index contributed by atoms with van der Waals surface area (Å²) < 4.78 is 15.2. The van der Waals surface area contributed by atoms with E-state index < -0.39 is 0 Å². The van der Waals surface area contributed by atoms with Gasteiger partial charge in [-0.2, -0.15) is 0 Å². The summed E-state index contributed by atoms with van der Waals surface area (Å²) in [5, 5.41) is 0.558. The standard InChI is InChI=1S/C27H27FN4O/c1-19-7-11-22(12-8-19)31-16-15-30(17-20(31)2)18-26-29-25-6-4-3-5-24(25)27(33)32(26)23-13-9-21(28)10-14-23/h3-14,20H,15-18H2,1-2H3. The first kappa shape index (κ1) is 21.3. The van der Waals surface area contributed by atoms with Gasteiger partial charge in [0, 0.05) is 31.4 Å². The normalized spacial score (nSPS) is 16.9. The summed E-state index contributed by atoms with van der Waals surface area (Å²) >= 11 is 0. The van der Waals surface area contributed by atoms with Gasteiger partial charge in [0.05, 0.1) is 23.1 Å². The van der Waals surface area contributed by atoms with Crippen molar-refractivity contribution in [3.8, 4) is 5.69 Å². The van der Waals surface area contributed by atoms with E-state index in [1.165, 1.54) is 23.4 Å². The first-order chi connectivity index (χ1) is 16.0. The number of benzene rings is 3. The number of anilines is 1. The second-order valence-corrected chi connectivity index (χ2v) is 8.78. The minimum atomic E-state index is -0.330. The molecule has 5 rings (SSSR count). The molecule has 3 aromatic carbocycles. The Bertz CT molecular complexity index is 1330. The lowest BCUT2D eigenvalue weighted by molar-refractivity contribution is 0.214. The van der Waals surface area contributed by atoms with Gasteiger partial charge in [-0.05, 0) is 62.4 Å². The van der Waals surface area contributed by atoms with Crippen LogP contribution in [0.4, 0.5) is 10.1 Å². The van der Waals surface area contributed by atoms with E-state index in [4.69, 9.17) is 4.98 Å². The molecule has 1 atom stereocenters. The van der Waals surface area contributed by atoms with Gasteiger partial charge in [0.25, 0.3) is 5.56 Å². The molecule has 1 fully saturated rings. The number of rotatable bonds is 4. The van der Waals surface area contributed by atoms with Crippen LogP contribution in [-0.2, 0) is 6.54 Å². The quantitative estimate of drug-likeness (QED) is 0.465. The van der Waals surface area contributed by atoms with Crippen LogP contribution in [0, 0.1) is 12.7 Å². The molecule has 2 heterocycles. The SMILES string of the molecule is Cc1ccc(N2CCN(Cc3nc4ccccc4c(=O)n3-c3ccc(F)cc3)CC2C)cc1. The lowest BCUT2D eigenvalue weighted by Gasteiger charge is -2.41. The molecular weight excluding hydrogens is 415 g/mol. The molecule has 0 amide bonds. The van der Waals surface area contributed by atoms with Crippen molar-refractivity contribution < 1.29 is 4.39 Å². The van der Waals surface area contributed by atoms with Gasteiger partial charge in [-0.25, -0.2) is 9.37 Å². The average Bonchev–Trinajstić information content (AvgIpc) is 2.81. The predicted molar refractivity (Wildman–Crippen MR) is 131 cm³/mol. The predicted octanol–water partition coefficient (Wildman–Crippen LogP) is 4.54. The summed E-state index contributed by atoms with van der Waals surface area (Å²) in [6.07, 6.45) is 0. The highest BCUT2D eigenvalue weighted by Crippen LogP contribution is 2.22. The molecule has 6 heteroatoms. The number of hydrogen-bond donors (Lipinski definition) is 0. The summed E-state index contributed by atoms with van der Waals surface area (Å²) in [7, 11) is 0. The number of nitrogens with zero attached hydrogens (tertiary/aromatic N) is 4. The van der Waals surface area contributed by atoms with E-state index in [2.05, 4.69) is 47.9 Å². The minimum Gasteiger partial charge on any atom is -0.366 e. The highest BCUT2D eigenvalue weighted by atomic mass is 19.1. The maximum absolute atomic E-state index is 13.6. The Morgan fingerprint density at radius 3 is 2.36 bits per heavy atom. The highest BCUT2D eigenvalue weighted by molar-refractivity contribution is 5.77. The van der Waals surface area contributed by atoms with Crippen molar-refractivity contribution in [3.05, 3.63) is 100 Å². The summed E-state index contributed by atoms with van der Waals surface area (Å²) in [6.45, 7) is 7.50. The zero-order chi connectivity index (χ0) is 22.9. The molecule has 1 unspecified atom stereocenters. The highest BCUT2D eigenvalue weighted by Gasteiger charge is 2.25. The monoisotopic (exact) mass is 442 g/mol. The van der Waals surface area contributed by atoms with Crippen LogP contribution in [0.5, 0.6) is 0 Å². The Morgan fingerprint density at radius 2 is 1.64 bits per heavy atom. The fourth-order valence-corrected chi connectivity index (χ4v) is 4.64. The molecule has 0 N–H and O–H groups in total. The number of fused-ring (bicyclic) bond motifs is 1. The summed E-state index contributed by atoms with van der Waals surface area (Å²) in [5.41, 5.74) is 3.67. The van der Waals surface area contributed by atoms with Gasteiger partial charge in [-0.15, -0.1) is 0 Å². The van der Waals surface area contributed by atoms with Gasteiger partial charge in [0.15, 0.2) is 0 Å². The molecule has 5 nitrogen and oxygen atoms in total. The summed E-state index contributed by atoms with van der Waals surface area (Å²) in [4.78, 5) is 23.0. The molecule has 0 spiro atoms. The fraction of sp³-hybridized carbons (Fsp3) is 0.259. The van der Waals surface area contributed by atoms with Crippen LogP contribution in [0.15, 0.2) is 77.6 Å². The lowest BCUT2D eigenvalue weighted by atomic mass is 10.1. The molecule has 1 aliphatic heterocycles. The van der Waals surface area contributed by atoms with Crippen molar-refractivity contribution in [2.45, 2.75) is 26.4 Å². The van der Waals surface area contributed by atoms with E-state index in [0.717, 1.165) is 19.6 Å². The molecule has 0 bridgehead atoms. The van der Waals surface area contributed by atoms with Crippen molar-refractivity contribution in [1.29, 1.82) is 0 Å². The zero-order valence-corrected chi connectivity index (χ0v) is 18.9. The van der Waals surface area contributed by atoms with E-state index >= 15 is 0 Å². The van der Waals surface area contributed by atoms with Crippen molar-refractivity contribution in [2.75, 3.05) is 24.5 Å². The maximum atomic E-state index is 13.6. The van der Waals surface area contributed by atoms with Crippen molar-refractivity contribution in [2.24, 2.45) is 0 Å². The largest absolute Gasteiger partial charge is 0.366 e. The van der Waals surface area contributed by atoms with E-state index in [9.17, 15) is 9.18 Å². The molecule has 0 radical (unpaired) electrons. The van der Waals surface area contributed by atoms with Crippen LogP contribution in [0.3, 0.4) is 0 Å². The first-order valence-corrected chi connectivity index (χ1v) is 11.3. The van der Waals surface area contributed by atoms with Crippen molar-refractivity contribution >= 4 is 16.6 Å². The number of hydrogen-bond acceptors (Lipinski definition) is 4. The molecule has 1 aromatic heterocycles. The maximum Gasteiger partial charge on any atom is 0.266 e. The zero-order valence-electron chi connectivity index (χ0n) is 18.9. The molecule has 168 valence electrons. The smallest absolute Gasteiger partial charge is 0.266 e. The average molecular weight is 443 g/mol. The molecule has 1 aliphatic rings.